The van der Waals surface area contributed by atoms with Crippen molar-refractivity contribution in [2.45, 2.75) is 19.4 Å². The Hall–Kier alpha value is -1.81. The first-order valence-corrected chi connectivity index (χ1v) is 8.07. The standard InChI is InChI=1S/C17H23N3S/c1-14(16-10-7-11-21-16)12-18-17(20(2)3)19-13-15-8-5-4-6-9-15/h4-11,14H,12-13H2,1-3H3,(H,18,19). The molecule has 1 heterocycles. The predicted octanol–water partition coefficient (Wildman–Crippen LogP) is 3.56. The van der Waals surface area contributed by atoms with Crippen molar-refractivity contribution >= 4 is 17.3 Å². The second kappa shape index (κ2) is 7.84. The number of aliphatic imine (C=N–C) groups is 1. The summed E-state index contributed by atoms with van der Waals surface area (Å²) in [6, 6.07) is 14.6. The molecule has 3 nitrogen and oxygen atoms in total. The Morgan fingerprint density at radius 2 is 1.95 bits per heavy atom. The van der Waals surface area contributed by atoms with Gasteiger partial charge in [-0.15, -0.1) is 11.3 Å². The van der Waals surface area contributed by atoms with Gasteiger partial charge in [-0.1, -0.05) is 43.3 Å². The van der Waals surface area contributed by atoms with E-state index in [1.807, 2.05) is 48.5 Å². The third-order valence-electron chi connectivity index (χ3n) is 3.27. The number of thiophene rings is 1. The molecule has 0 amide bonds. The van der Waals surface area contributed by atoms with Crippen LogP contribution >= 0.6 is 11.3 Å². The van der Waals surface area contributed by atoms with E-state index in [2.05, 4.69) is 46.9 Å². The van der Waals surface area contributed by atoms with Gasteiger partial charge in [-0.05, 0) is 17.0 Å². The molecule has 21 heavy (non-hydrogen) atoms. The van der Waals surface area contributed by atoms with Crippen LogP contribution in [0.25, 0.3) is 0 Å². The molecule has 0 radical (unpaired) electrons. The van der Waals surface area contributed by atoms with E-state index in [0.29, 0.717) is 12.5 Å². The molecule has 1 aromatic carbocycles. The Labute approximate surface area is 131 Å². The number of guanidine groups is 1. The van der Waals surface area contributed by atoms with Crippen molar-refractivity contribution in [1.82, 2.24) is 10.2 Å². The number of benzene rings is 1. The minimum Gasteiger partial charge on any atom is -0.356 e. The summed E-state index contributed by atoms with van der Waals surface area (Å²) in [4.78, 5) is 8.12. The van der Waals surface area contributed by atoms with Crippen molar-refractivity contribution in [1.29, 1.82) is 0 Å². The molecule has 0 aliphatic rings. The van der Waals surface area contributed by atoms with E-state index in [1.54, 1.807) is 0 Å². The normalized spacial score (nSPS) is 13.0. The topological polar surface area (TPSA) is 27.6 Å². The van der Waals surface area contributed by atoms with Crippen LogP contribution in [0.2, 0.25) is 0 Å². The van der Waals surface area contributed by atoms with Crippen molar-refractivity contribution in [3.8, 4) is 0 Å². The summed E-state index contributed by atoms with van der Waals surface area (Å²) in [7, 11) is 4.04. The smallest absolute Gasteiger partial charge is 0.193 e. The monoisotopic (exact) mass is 301 g/mol. The van der Waals surface area contributed by atoms with Crippen molar-refractivity contribution in [2.75, 3.05) is 20.6 Å². The predicted molar refractivity (Wildman–Crippen MR) is 92.0 cm³/mol. The van der Waals surface area contributed by atoms with Gasteiger partial charge in [0.1, 0.15) is 0 Å². The van der Waals surface area contributed by atoms with Gasteiger partial charge in [-0.25, -0.2) is 4.99 Å². The fraction of sp³-hybridized carbons (Fsp3) is 0.353. The summed E-state index contributed by atoms with van der Waals surface area (Å²) >= 11 is 1.81. The quantitative estimate of drug-likeness (QED) is 0.675. The van der Waals surface area contributed by atoms with Gasteiger partial charge in [0.25, 0.3) is 0 Å². The number of hydrogen-bond donors (Lipinski definition) is 1. The van der Waals surface area contributed by atoms with Gasteiger partial charge in [-0.2, -0.15) is 0 Å². The molecule has 1 N–H and O–H groups in total. The molecule has 0 aliphatic heterocycles. The summed E-state index contributed by atoms with van der Waals surface area (Å²) in [5.74, 6) is 1.43. The Morgan fingerprint density at radius 1 is 1.19 bits per heavy atom. The lowest BCUT2D eigenvalue weighted by Crippen LogP contribution is -2.38. The van der Waals surface area contributed by atoms with Gasteiger partial charge in [0, 0.05) is 31.4 Å². The SMILES string of the molecule is CC(CNC(=NCc1ccccc1)N(C)C)c1cccs1. The average Bonchev–Trinajstić information content (AvgIpc) is 3.02. The maximum absolute atomic E-state index is 4.68. The molecule has 2 rings (SSSR count). The number of hydrogen-bond acceptors (Lipinski definition) is 2. The van der Waals surface area contributed by atoms with Crippen LogP contribution in [0.1, 0.15) is 23.3 Å². The highest BCUT2D eigenvalue weighted by atomic mass is 32.1. The zero-order valence-corrected chi connectivity index (χ0v) is 13.7. The molecular formula is C17H23N3S. The van der Waals surface area contributed by atoms with E-state index in [-0.39, 0.29) is 0 Å². The lowest BCUT2D eigenvalue weighted by molar-refractivity contribution is 0.569. The lowest BCUT2D eigenvalue weighted by Gasteiger charge is -2.20. The fourth-order valence-electron chi connectivity index (χ4n) is 2.02. The largest absolute Gasteiger partial charge is 0.356 e. The first-order valence-electron chi connectivity index (χ1n) is 7.20. The van der Waals surface area contributed by atoms with Crippen LogP contribution in [0.3, 0.4) is 0 Å². The van der Waals surface area contributed by atoms with Crippen molar-refractivity contribution in [2.24, 2.45) is 4.99 Å². The van der Waals surface area contributed by atoms with Gasteiger partial charge in [0.05, 0.1) is 6.54 Å². The first-order chi connectivity index (χ1) is 10.2. The Morgan fingerprint density at radius 3 is 2.57 bits per heavy atom. The highest BCUT2D eigenvalue weighted by molar-refractivity contribution is 7.10. The summed E-state index contributed by atoms with van der Waals surface area (Å²) in [6.45, 7) is 3.84. The van der Waals surface area contributed by atoms with Crippen LogP contribution in [0, 0.1) is 0 Å². The lowest BCUT2D eigenvalue weighted by atomic mass is 10.1. The fourth-order valence-corrected chi connectivity index (χ4v) is 2.81. The van der Waals surface area contributed by atoms with Crippen molar-refractivity contribution < 1.29 is 0 Å². The number of nitrogens with zero attached hydrogens (tertiary/aromatic N) is 2. The van der Waals surface area contributed by atoms with Crippen LogP contribution in [-0.4, -0.2) is 31.5 Å². The molecule has 1 aromatic heterocycles. The average molecular weight is 301 g/mol. The minimum atomic E-state index is 0.492. The zero-order chi connectivity index (χ0) is 15.1. The summed E-state index contributed by atoms with van der Waals surface area (Å²) in [5, 5.41) is 5.59. The van der Waals surface area contributed by atoms with Gasteiger partial charge in [0.15, 0.2) is 5.96 Å². The molecule has 1 atom stereocenters. The van der Waals surface area contributed by atoms with Gasteiger partial charge < -0.3 is 10.2 Å². The molecule has 0 fully saturated rings. The molecule has 0 saturated heterocycles. The molecule has 112 valence electrons. The first kappa shape index (κ1) is 15.6. The summed E-state index contributed by atoms with van der Waals surface area (Å²) in [5.41, 5.74) is 1.23. The molecular weight excluding hydrogens is 278 g/mol. The van der Waals surface area contributed by atoms with E-state index >= 15 is 0 Å². The molecule has 0 bridgehead atoms. The molecule has 0 aliphatic carbocycles. The Bertz CT molecular complexity index is 547. The highest BCUT2D eigenvalue weighted by Crippen LogP contribution is 2.19. The highest BCUT2D eigenvalue weighted by Gasteiger charge is 2.08. The van der Waals surface area contributed by atoms with E-state index in [4.69, 9.17) is 0 Å². The minimum absolute atomic E-state index is 0.492. The summed E-state index contributed by atoms with van der Waals surface area (Å²) in [6.07, 6.45) is 0. The van der Waals surface area contributed by atoms with Crippen LogP contribution < -0.4 is 5.32 Å². The van der Waals surface area contributed by atoms with Crippen LogP contribution in [-0.2, 0) is 6.54 Å². The van der Waals surface area contributed by atoms with Crippen LogP contribution in [0.15, 0.2) is 52.8 Å². The number of rotatable bonds is 5. The van der Waals surface area contributed by atoms with Gasteiger partial charge in [0.2, 0.25) is 0 Å². The maximum atomic E-state index is 4.68. The van der Waals surface area contributed by atoms with Gasteiger partial charge >= 0.3 is 0 Å². The second-order valence-electron chi connectivity index (χ2n) is 5.32. The molecule has 0 spiro atoms. The third-order valence-corrected chi connectivity index (χ3v) is 4.38. The van der Waals surface area contributed by atoms with E-state index in [1.165, 1.54) is 10.4 Å². The van der Waals surface area contributed by atoms with Crippen LogP contribution in [0.4, 0.5) is 0 Å². The zero-order valence-electron chi connectivity index (χ0n) is 12.9. The Balaban J connectivity index is 1.93. The third kappa shape index (κ3) is 4.90. The van der Waals surface area contributed by atoms with Gasteiger partial charge in [-0.3, -0.25) is 0 Å². The summed E-state index contributed by atoms with van der Waals surface area (Å²) < 4.78 is 0. The maximum Gasteiger partial charge on any atom is 0.193 e. The number of nitrogens with one attached hydrogen (secondary N) is 1. The van der Waals surface area contributed by atoms with Crippen molar-refractivity contribution in [3.63, 3.8) is 0 Å². The Kier molecular flexibility index (Phi) is 5.81. The second-order valence-corrected chi connectivity index (χ2v) is 6.30. The van der Waals surface area contributed by atoms with Crippen LogP contribution in [0.5, 0.6) is 0 Å². The van der Waals surface area contributed by atoms with E-state index < -0.39 is 0 Å². The molecule has 2 aromatic rings. The molecule has 1 unspecified atom stereocenters. The van der Waals surface area contributed by atoms with Crippen molar-refractivity contribution in [3.05, 3.63) is 58.3 Å². The molecule has 0 saturated carbocycles. The molecule has 4 heteroatoms. The van der Waals surface area contributed by atoms with E-state index in [0.717, 1.165) is 12.5 Å². The van der Waals surface area contributed by atoms with E-state index in [9.17, 15) is 0 Å².